The maximum absolute atomic E-state index is 12.5. The summed E-state index contributed by atoms with van der Waals surface area (Å²) in [5, 5.41) is 2.72. The molecule has 7 heteroatoms. The summed E-state index contributed by atoms with van der Waals surface area (Å²) in [4.78, 5) is 14.7. The Balaban J connectivity index is 1.63. The molecule has 0 bridgehead atoms. The van der Waals surface area contributed by atoms with E-state index in [-0.39, 0.29) is 5.91 Å². The standard InChI is InChI=1S/C25H22ClNO3S2/c1-3-27-24(28)22(32-25(27)31)14-16-12-20(26)23(21(13-16)29-4-2)30-15-18-10-7-9-17-8-5-6-11-19(17)18/h5-14H,3-4,15H2,1-2H3/b22-14+. The highest BCUT2D eigenvalue weighted by molar-refractivity contribution is 8.26. The van der Waals surface area contributed by atoms with Gasteiger partial charge in [-0.15, -0.1) is 0 Å². The fourth-order valence-electron chi connectivity index (χ4n) is 3.57. The average molecular weight is 484 g/mol. The molecule has 0 unspecified atom stereocenters. The summed E-state index contributed by atoms with van der Waals surface area (Å²) >= 11 is 13.2. The van der Waals surface area contributed by atoms with Gasteiger partial charge >= 0.3 is 0 Å². The monoisotopic (exact) mass is 483 g/mol. The molecule has 32 heavy (non-hydrogen) atoms. The third-order valence-electron chi connectivity index (χ3n) is 5.07. The Morgan fingerprint density at radius 3 is 2.62 bits per heavy atom. The first-order chi connectivity index (χ1) is 15.5. The number of thioether (sulfide) groups is 1. The molecular weight excluding hydrogens is 462 g/mol. The van der Waals surface area contributed by atoms with Crippen molar-refractivity contribution < 1.29 is 14.3 Å². The van der Waals surface area contributed by atoms with Gasteiger partial charge in [0.1, 0.15) is 10.9 Å². The Bertz CT molecular complexity index is 1220. The number of nitrogens with zero attached hydrogens (tertiary/aromatic N) is 1. The van der Waals surface area contributed by atoms with Gasteiger partial charge in [-0.3, -0.25) is 9.69 Å². The molecule has 3 aromatic rings. The number of amides is 1. The number of likely N-dealkylation sites (N-methyl/N-ethyl adjacent to an activating group) is 1. The number of halogens is 1. The first kappa shape index (κ1) is 22.6. The molecule has 1 heterocycles. The lowest BCUT2D eigenvalue weighted by molar-refractivity contribution is -0.121. The fraction of sp³-hybridized carbons (Fsp3) is 0.200. The minimum absolute atomic E-state index is 0.0899. The van der Waals surface area contributed by atoms with Gasteiger partial charge < -0.3 is 9.47 Å². The van der Waals surface area contributed by atoms with E-state index in [0.717, 1.165) is 21.9 Å². The molecule has 1 saturated heterocycles. The summed E-state index contributed by atoms with van der Waals surface area (Å²) in [5.41, 5.74) is 1.82. The Hall–Kier alpha value is -2.54. The van der Waals surface area contributed by atoms with E-state index in [1.54, 1.807) is 17.0 Å². The second-order valence-electron chi connectivity index (χ2n) is 7.12. The molecule has 0 saturated carbocycles. The second-order valence-corrected chi connectivity index (χ2v) is 9.20. The van der Waals surface area contributed by atoms with Gasteiger partial charge in [-0.05, 0) is 54.0 Å². The molecule has 0 atom stereocenters. The van der Waals surface area contributed by atoms with Crippen LogP contribution in [0.15, 0.2) is 59.5 Å². The topological polar surface area (TPSA) is 38.8 Å². The zero-order valence-electron chi connectivity index (χ0n) is 17.8. The third-order valence-corrected chi connectivity index (χ3v) is 6.73. The summed E-state index contributed by atoms with van der Waals surface area (Å²) in [7, 11) is 0. The van der Waals surface area contributed by atoms with Crippen molar-refractivity contribution in [1.82, 2.24) is 4.90 Å². The van der Waals surface area contributed by atoms with Crippen molar-refractivity contribution >= 4 is 62.7 Å². The minimum Gasteiger partial charge on any atom is -0.490 e. The average Bonchev–Trinajstić information content (AvgIpc) is 3.05. The highest BCUT2D eigenvalue weighted by atomic mass is 35.5. The van der Waals surface area contributed by atoms with E-state index in [1.807, 2.05) is 44.2 Å². The SMILES string of the molecule is CCOc1cc(/C=C2/SC(=S)N(CC)C2=O)cc(Cl)c1OCc1cccc2ccccc12. The number of carbonyl (C=O) groups is 1. The van der Waals surface area contributed by atoms with E-state index < -0.39 is 0 Å². The van der Waals surface area contributed by atoms with Crippen LogP contribution in [0.5, 0.6) is 11.5 Å². The quantitative estimate of drug-likeness (QED) is 0.276. The van der Waals surface area contributed by atoms with Crippen molar-refractivity contribution in [2.45, 2.75) is 20.5 Å². The first-order valence-corrected chi connectivity index (χ1v) is 11.9. The summed E-state index contributed by atoms with van der Waals surface area (Å²) in [6.45, 7) is 5.17. The van der Waals surface area contributed by atoms with Crippen LogP contribution in [-0.4, -0.2) is 28.3 Å². The molecule has 4 nitrogen and oxygen atoms in total. The predicted octanol–water partition coefficient (Wildman–Crippen LogP) is 6.69. The Morgan fingerprint density at radius 1 is 1.09 bits per heavy atom. The molecule has 0 spiro atoms. The van der Waals surface area contributed by atoms with Crippen LogP contribution in [0, 0.1) is 0 Å². The zero-order chi connectivity index (χ0) is 22.7. The summed E-state index contributed by atoms with van der Waals surface area (Å²) < 4.78 is 12.5. The van der Waals surface area contributed by atoms with Crippen LogP contribution in [-0.2, 0) is 11.4 Å². The second kappa shape index (κ2) is 9.94. The molecule has 0 N–H and O–H groups in total. The van der Waals surface area contributed by atoms with Crippen molar-refractivity contribution in [3.05, 3.63) is 75.7 Å². The Labute approximate surface area is 202 Å². The molecular formula is C25H22ClNO3S2. The highest BCUT2D eigenvalue weighted by Gasteiger charge is 2.30. The fourth-order valence-corrected chi connectivity index (χ4v) is 5.22. The number of hydrogen-bond donors (Lipinski definition) is 0. The summed E-state index contributed by atoms with van der Waals surface area (Å²) in [5.74, 6) is 0.935. The molecule has 164 valence electrons. The van der Waals surface area contributed by atoms with E-state index in [2.05, 4.69) is 18.2 Å². The molecule has 1 aliphatic rings. The van der Waals surface area contributed by atoms with Crippen LogP contribution in [0.1, 0.15) is 25.0 Å². The molecule has 1 amide bonds. The van der Waals surface area contributed by atoms with Crippen molar-refractivity contribution in [1.29, 1.82) is 0 Å². The number of ether oxygens (including phenoxy) is 2. The van der Waals surface area contributed by atoms with Crippen LogP contribution < -0.4 is 9.47 Å². The van der Waals surface area contributed by atoms with Gasteiger partial charge in [0.25, 0.3) is 5.91 Å². The lowest BCUT2D eigenvalue weighted by Gasteiger charge is -2.15. The smallest absolute Gasteiger partial charge is 0.266 e. The van der Waals surface area contributed by atoms with E-state index >= 15 is 0 Å². The van der Waals surface area contributed by atoms with Crippen LogP contribution in [0.2, 0.25) is 5.02 Å². The van der Waals surface area contributed by atoms with Gasteiger partial charge in [-0.25, -0.2) is 0 Å². The molecule has 0 radical (unpaired) electrons. The van der Waals surface area contributed by atoms with Crippen molar-refractivity contribution in [3.8, 4) is 11.5 Å². The lowest BCUT2D eigenvalue weighted by Crippen LogP contribution is -2.27. The molecule has 1 aliphatic heterocycles. The lowest BCUT2D eigenvalue weighted by atomic mass is 10.1. The Morgan fingerprint density at radius 2 is 1.88 bits per heavy atom. The van der Waals surface area contributed by atoms with Crippen LogP contribution in [0.4, 0.5) is 0 Å². The van der Waals surface area contributed by atoms with Crippen LogP contribution in [0.3, 0.4) is 0 Å². The molecule has 4 rings (SSSR count). The number of thiocarbonyl (C=S) groups is 1. The predicted molar refractivity (Wildman–Crippen MR) is 136 cm³/mol. The Kier molecular flexibility index (Phi) is 7.04. The summed E-state index contributed by atoms with van der Waals surface area (Å²) in [6.07, 6.45) is 1.79. The van der Waals surface area contributed by atoms with Crippen molar-refractivity contribution in [2.75, 3.05) is 13.2 Å². The van der Waals surface area contributed by atoms with Crippen LogP contribution in [0.25, 0.3) is 16.8 Å². The minimum atomic E-state index is -0.0899. The molecule has 3 aromatic carbocycles. The normalized spacial score (nSPS) is 15.1. The number of hydrogen-bond acceptors (Lipinski definition) is 5. The van der Waals surface area contributed by atoms with Gasteiger partial charge in [0.15, 0.2) is 11.5 Å². The van der Waals surface area contributed by atoms with Gasteiger partial charge in [-0.1, -0.05) is 78.0 Å². The first-order valence-electron chi connectivity index (χ1n) is 10.3. The molecule has 1 fully saturated rings. The summed E-state index contributed by atoms with van der Waals surface area (Å²) in [6, 6.07) is 17.9. The van der Waals surface area contributed by atoms with Gasteiger partial charge in [0, 0.05) is 6.54 Å². The number of rotatable bonds is 7. The van der Waals surface area contributed by atoms with Gasteiger partial charge in [0.2, 0.25) is 0 Å². The molecule has 0 aromatic heterocycles. The van der Waals surface area contributed by atoms with Gasteiger partial charge in [-0.2, -0.15) is 0 Å². The van der Waals surface area contributed by atoms with Crippen LogP contribution >= 0.6 is 35.6 Å². The van der Waals surface area contributed by atoms with E-state index in [9.17, 15) is 4.79 Å². The number of fused-ring (bicyclic) bond motifs is 1. The number of benzene rings is 3. The maximum atomic E-state index is 12.5. The van der Waals surface area contributed by atoms with Crippen molar-refractivity contribution in [3.63, 3.8) is 0 Å². The van der Waals surface area contributed by atoms with E-state index in [4.69, 9.17) is 33.3 Å². The third kappa shape index (κ3) is 4.63. The zero-order valence-corrected chi connectivity index (χ0v) is 20.2. The van der Waals surface area contributed by atoms with E-state index in [0.29, 0.717) is 45.5 Å². The van der Waals surface area contributed by atoms with Gasteiger partial charge in [0.05, 0.1) is 16.5 Å². The largest absolute Gasteiger partial charge is 0.490 e. The van der Waals surface area contributed by atoms with Crippen molar-refractivity contribution in [2.24, 2.45) is 0 Å². The van der Waals surface area contributed by atoms with E-state index in [1.165, 1.54) is 11.8 Å². The highest BCUT2D eigenvalue weighted by Crippen LogP contribution is 2.39. The number of carbonyl (C=O) groups excluding carboxylic acids is 1. The maximum Gasteiger partial charge on any atom is 0.266 e. The molecule has 0 aliphatic carbocycles.